The van der Waals surface area contributed by atoms with E-state index >= 15 is 0 Å². The maximum absolute atomic E-state index is 11.2. The SMILES string of the molecule is CCCCCCCCCCCCc1ccccc1S(=O)(=O)[O-].[Na+]. The maximum atomic E-state index is 11.2. The van der Waals surface area contributed by atoms with Crippen LogP contribution < -0.4 is 29.6 Å². The second kappa shape index (κ2) is 13.4. The quantitative estimate of drug-likeness (QED) is 0.330. The third-order valence-corrected chi connectivity index (χ3v) is 4.98. The van der Waals surface area contributed by atoms with Crippen LogP contribution in [0.4, 0.5) is 0 Å². The average Bonchev–Trinajstić information content (AvgIpc) is 2.48. The molecule has 1 aromatic rings. The molecule has 0 heterocycles. The van der Waals surface area contributed by atoms with Crippen molar-refractivity contribution >= 4 is 10.1 Å². The van der Waals surface area contributed by atoms with Crippen molar-refractivity contribution in [1.29, 1.82) is 0 Å². The van der Waals surface area contributed by atoms with Crippen molar-refractivity contribution in [3.8, 4) is 0 Å². The van der Waals surface area contributed by atoms with Crippen LogP contribution in [0.15, 0.2) is 29.2 Å². The van der Waals surface area contributed by atoms with Gasteiger partial charge < -0.3 is 4.55 Å². The zero-order valence-corrected chi connectivity index (χ0v) is 17.5. The average molecular weight is 348 g/mol. The first kappa shape index (κ1) is 23.1. The number of unbranched alkanes of at least 4 members (excludes halogenated alkanes) is 9. The first-order chi connectivity index (χ1) is 10.6. The number of hydrogen-bond donors (Lipinski definition) is 0. The van der Waals surface area contributed by atoms with E-state index in [1.54, 1.807) is 18.2 Å². The molecule has 0 aliphatic heterocycles. The minimum atomic E-state index is -4.35. The van der Waals surface area contributed by atoms with Crippen molar-refractivity contribution in [3.63, 3.8) is 0 Å². The van der Waals surface area contributed by atoms with Gasteiger partial charge in [-0.05, 0) is 24.5 Å². The maximum Gasteiger partial charge on any atom is 1.00 e. The number of benzene rings is 1. The van der Waals surface area contributed by atoms with Crippen LogP contribution in [0.1, 0.15) is 76.7 Å². The Bertz CT molecular complexity index is 515. The zero-order valence-electron chi connectivity index (χ0n) is 14.7. The third kappa shape index (κ3) is 10.6. The Kier molecular flexibility index (Phi) is 13.5. The first-order valence-electron chi connectivity index (χ1n) is 8.59. The number of rotatable bonds is 12. The molecule has 0 spiro atoms. The number of hydrogen-bond acceptors (Lipinski definition) is 3. The Morgan fingerprint density at radius 2 is 1.30 bits per heavy atom. The van der Waals surface area contributed by atoms with Crippen LogP contribution in [0.25, 0.3) is 0 Å². The fourth-order valence-corrected chi connectivity index (χ4v) is 3.49. The Balaban J connectivity index is 0.00000484. The summed E-state index contributed by atoms with van der Waals surface area (Å²) in [6, 6.07) is 6.56. The Morgan fingerprint density at radius 1 is 0.826 bits per heavy atom. The van der Waals surface area contributed by atoms with Gasteiger partial charge in [0.05, 0.1) is 4.90 Å². The summed E-state index contributed by atoms with van der Waals surface area (Å²) in [5.41, 5.74) is 0.664. The molecule has 3 nitrogen and oxygen atoms in total. The van der Waals surface area contributed by atoms with Gasteiger partial charge in [0, 0.05) is 0 Å². The van der Waals surface area contributed by atoms with E-state index in [1.165, 1.54) is 57.4 Å². The minimum absolute atomic E-state index is 0. The van der Waals surface area contributed by atoms with Crippen molar-refractivity contribution in [2.75, 3.05) is 0 Å². The summed E-state index contributed by atoms with van der Waals surface area (Å²) in [5.74, 6) is 0. The van der Waals surface area contributed by atoms with E-state index in [0.29, 0.717) is 12.0 Å². The van der Waals surface area contributed by atoms with E-state index in [9.17, 15) is 13.0 Å². The molecule has 0 aliphatic carbocycles. The second-order valence-electron chi connectivity index (χ2n) is 5.99. The molecule has 1 aromatic carbocycles. The molecule has 0 aromatic heterocycles. The van der Waals surface area contributed by atoms with E-state index in [1.807, 2.05) is 0 Å². The summed E-state index contributed by atoms with van der Waals surface area (Å²) in [4.78, 5) is -0.0501. The molecule has 0 bridgehead atoms. The molecule has 0 aliphatic rings. The van der Waals surface area contributed by atoms with Gasteiger partial charge in [-0.25, -0.2) is 8.42 Å². The van der Waals surface area contributed by atoms with E-state index in [4.69, 9.17) is 0 Å². The monoisotopic (exact) mass is 348 g/mol. The van der Waals surface area contributed by atoms with Crippen LogP contribution in [0, 0.1) is 0 Å². The third-order valence-electron chi connectivity index (χ3n) is 4.04. The summed E-state index contributed by atoms with van der Waals surface area (Å²) in [6.45, 7) is 2.23. The Labute approximate surface area is 164 Å². The van der Waals surface area contributed by atoms with Crippen LogP contribution in [0.2, 0.25) is 0 Å². The van der Waals surface area contributed by atoms with Gasteiger partial charge in [-0.1, -0.05) is 82.9 Å². The minimum Gasteiger partial charge on any atom is -0.744 e. The van der Waals surface area contributed by atoms with Crippen LogP contribution in [-0.4, -0.2) is 13.0 Å². The molecule has 5 heteroatoms. The van der Waals surface area contributed by atoms with Gasteiger partial charge in [0.1, 0.15) is 10.1 Å². The van der Waals surface area contributed by atoms with Crippen LogP contribution in [0.5, 0.6) is 0 Å². The smallest absolute Gasteiger partial charge is 0.744 e. The predicted molar refractivity (Wildman–Crippen MR) is 90.0 cm³/mol. The molecule has 126 valence electrons. The van der Waals surface area contributed by atoms with E-state index < -0.39 is 10.1 Å². The topological polar surface area (TPSA) is 57.2 Å². The van der Waals surface area contributed by atoms with Gasteiger partial charge in [0.15, 0.2) is 0 Å². The van der Waals surface area contributed by atoms with Crippen molar-refractivity contribution < 1.29 is 42.5 Å². The van der Waals surface area contributed by atoms with Crippen molar-refractivity contribution in [1.82, 2.24) is 0 Å². The zero-order chi connectivity index (χ0) is 16.3. The summed E-state index contributed by atoms with van der Waals surface area (Å²) >= 11 is 0. The van der Waals surface area contributed by atoms with Gasteiger partial charge in [-0.2, -0.15) is 0 Å². The first-order valence-corrected chi connectivity index (χ1v) is 10.0. The molecule has 1 rings (SSSR count). The van der Waals surface area contributed by atoms with Gasteiger partial charge in [0.25, 0.3) is 0 Å². The fourth-order valence-electron chi connectivity index (χ4n) is 2.76. The van der Waals surface area contributed by atoms with Gasteiger partial charge >= 0.3 is 29.6 Å². The molecule has 0 fully saturated rings. The fraction of sp³-hybridized carbons (Fsp3) is 0.667. The van der Waals surface area contributed by atoms with Crippen LogP contribution in [0.3, 0.4) is 0 Å². The molecule has 0 saturated heterocycles. The molecular formula is C18H29NaO3S. The molecule has 0 radical (unpaired) electrons. The summed E-state index contributed by atoms with van der Waals surface area (Å²) in [5, 5.41) is 0. The molecule has 23 heavy (non-hydrogen) atoms. The molecule has 0 N–H and O–H groups in total. The summed E-state index contributed by atoms with van der Waals surface area (Å²) in [7, 11) is -4.35. The molecule has 0 amide bonds. The van der Waals surface area contributed by atoms with Crippen molar-refractivity contribution in [2.45, 2.75) is 82.4 Å². The Hall–Kier alpha value is 0.130. The van der Waals surface area contributed by atoms with E-state index in [-0.39, 0.29) is 34.5 Å². The van der Waals surface area contributed by atoms with Crippen LogP contribution in [-0.2, 0) is 16.5 Å². The van der Waals surface area contributed by atoms with E-state index in [2.05, 4.69) is 6.92 Å². The van der Waals surface area contributed by atoms with Gasteiger partial charge in [-0.15, -0.1) is 0 Å². The summed E-state index contributed by atoms with van der Waals surface area (Å²) in [6.07, 6.45) is 13.2. The van der Waals surface area contributed by atoms with Crippen LogP contribution >= 0.6 is 0 Å². The van der Waals surface area contributed by atoms with Gasteiger partial charge in [-0.3, -0.25) is 0 Å². The predicted octanol–water partition coefficient (Wildman–Crippen LogP) is 2.06. The molecule has 0 atom stereocenters. The normalized spacial score (nSPS) is 11.2. The second-order valence-corrected chi connectivity index (χ2v) is 7.34. The standard InChI is InChI=1S/C18H30O3S.Na/c1-2-3-4-5-6-7-8-9-10-11-14-17-15-12-13-16-18(17)22(19,20)21;/h12-13,15-16H,2-11,14H2,1H3,(H,19,20,21);/q;+1/p-1. The largest absolute Gasteiger partial charge is 1.00 e. The van der Waals surface area contributed by atoms with E-state index in [0.717, 1.165) is 12.8 Å². The van der Waals surface area contributed by atoms with Crippen molar-refractivity contribution in [3.05, 3.63) is 29.8 Å². The van der Waals surface area contributed by atoms with Gasteiger partial charge in [0.2, 0.25) is 0 Å². The molecular weight excluding hydrogens is 319 g/mol. The number of aryl methyl sites for hydroxylation is 1. The summed E-state index contributed by atoms with van der Waals surface area (Å²) < 4.78 is 33.5. The Morgan fingerprint density at radius 3 is 1.83 bits per heavy atom. The molecule has 0 unspecified atom stereocenters. The van der Waals surface area contributed by atoms with Crippen molar-refractivity contribution in [2.24, 2.45) is 0 Å². The molecule has 0 saturated carbocycles.